The number of hydrogen-bond donors (Lipinski definition) is 7. The summed E-state index contributed by atoms with van der Waals surface area (Å²) < 4.78 is 4.42. The Labute approximate surface area is 369 Å². The van der Waals surface area contributed by atoms with Gasteiger partial charge in [-0.15, -0.1) is 0 Å². The number of nitrogens with two attached hydrogens (primary N) is 3. The van der Waals surface area contributed by atoms with E-state index in [0.29, 0.717) is 48.7 Å². The van der Waals surface area contributed by atoms with Gasteiger partial charge >= 0.3 is 5.97 Å². The van der Waals surface area contributed by atoms with Crippen molar-refractivity contribution in [1.29, 1.82) is 0 Å². The van der Waals surface area contributed by atoms with Crippen molar-refractivity contribution < 1.29 is 24.3 Å². The molecule has 332 valence electrons. The summed E-state index contributed by atoms with van der Waals surface area (Å²) in [6.07, 6.45) is 16.2. The first-order valence-electron chi connectivity index (χ1n) is 22.3. The first kappa shape index (κ1) is 45.8. The van der Waals surface area contributed by atoms with Crippen LogP contribution in [0.4, 0.5) is 22.7 Å². The Bertz CT molecular complexity index is 2480. The molecule has 4 heterocycles. The van der Waals surface area contributed by atoms with E-state index >= 15 is 0 Å². The van der Waals surface area contributed by atoms with Crippen LogP contribution in [0, 0.1) is 0 Å². The second-order valence-electron chi connectivity index (χ2n) is 16.3. The number of para-hydroxylation sites is 6. The zero-order chi connectivity index (χ0) is 44.6. The van der Waals surface area contributed by atoms with Gasteiger partial charge < -0.3 is 47.4 Å². The molecule has 0 saturated heterocycles. The van der Waals surface area contributed by atoms with E-state index in [1.165, 1.54) is 22.2 Å². The van der Waals surface area contributed by atoms with Crippen LogP contribution in [-0.2, 0) is 35.5 Å². The zero-order valence-electron chi connectivity index (χ0n) is 36.2. The Morgan fingerprint density at radius 3 is 1.48 bits per heavy atom. The summed E-state index contributed by atoms with van der Waals surface area (Å²) in [7, 11) is 0. The van der Waals surface area contributed by atoms with E-state index in [-0.39, 0.29) is 24.1 Å². The molecule has 10 N–H and O–H groups in total. The molecule has 2 aliphatic rings. The number of aliphatic carboxylic acids is 1. The highest BCUT2D eigenvalue weighted by Crippen LogP contribution is 2.31. The number of amides is 3. The summed E-state index contributed by atoms with van der Waals surface area (Å²) in [6, 6.07) is 27.0. The van der Waals surface area contributed by atoms with Crippen LogP contribution in [0.15, 0.2) is 97.3 Å². The Hall–Kier alpha value is -6.76. The number of nitrogen functional groups attached to an aromatic ring is 3. The number of hydrogen-bond acceptors (Lipinski definition) is 7. The lowest BCUT2D eigenvalue weighted by Gasteiger charge is -2.14. The van der Waals surface area contributed by atoms with Gasteiger partial charge in [0.15, 0.2) is 0 Å². The van der Waals surface area contributed by atoms with Gasteiger partial charge in [0.2, 0.25) is 5.91 Å². The maximum absolute atomic E-state index is 12.7. The minimum absolute atomic E-state index is 0.00243. The van der Waals surface area contributed by atoms with E-state index in [1.54, 1.807) is 24.3 Å². The van der Waals surface area contributed by atoms with Crippen LogP contribution in [0.25, 0.3) is 21.8 Å². The Kier molecular flexibility index (Phi) is 16.6. The van der Waals surface area contributed by atoms with Crippen LogP contribution in [0.1, 0.15) is 109 Å². The quantitative estimate of drug-likeness (QED) is 0.0347. The van der Waals surface area contributed by atoms with Crippen molar-refractivity contribution in [2.45, 2.75) is 103 Å². The van der Waals surface area contributed by atoms with Gasteiger partial charge in [-0.05, 0) is 86.8 Å². The van der Waals surface area contributed by atoms with Crippen LogP contribution in [0.5, 0.6) is 0 Å². The van der Waals surface area contributed by atoms with E-state index in [2.05, 4.69) is 37.2 Å². The van der Waals surface area contributed by atoms with Gasteiger partial charge in [0, 0.05) is 62.2 Å². The lowest BCUT2D eigenvalue weighted by Crippen LogP contribution is -2.24. The van der Waals surface area contributed by atoms with E-state index in [0.717, 1.165) is 106 Å². The minimum Gasteiger partial charge on any atom is -0.481 e. The number of carboxylic acid groups (broad SMARTS) is 1. The number of anilines is 4. The van der Waals surface area contributed by atoms with Gasteiger partial charge in [-0.25, -0.2) is 0 Å². The lowest BCUT2D eigenvalue weighted by atomic mass is 10.0. The van der Waals surface area contributed by atoms with Gasteiger partial charge in [0.05, 0.1) is 44.9 Å². The highest BCUT2D eigenvalue weighted by molar-refractivity contribution is 6.08. The summed E-state index contributed by atoms with van der Waals surface area (Å²) in [6.45, 7) is 3.24. The van der Waals surface area contributed by atoms with Gasteiger partial charge in [-0.1, -0.05) is 86.3 Å². The smallest absolute Gasteiger partial charge is 0.303 e. The third-order valence-electron chi connectivity index (χ3n) is 11.6. The molecule has 3 amide bonds. The number of unbranched alkanes of at least 4 members (excludes halogenated alkanes) is 6. The minimum atomic E-state index is -0.739. The summed E-state index contributed by atoms with van der Waals surface area (Å²) in [5, 5.41) is 19.6. The molecule has 0 fully saturated rings. The normalized spacial score (nSPS) is 12.4. The number of nitrogens with zero attached hydrogens (tertiary/aromatic N) is 2. The summed E-state index contributed by atoms with van der Waals surface area (Å²) in [4.78, 5) is 47.7. The average molecular weight is 855 g/mol. The fourth-order valence-corrected chi connectivity index (χ4v) is 8.32. The highest BCUT2D eigenvalue weighted by Gasteiger charge is 2.21. The molecule has 0 aliphatic carbocycles. The van der Waals surface area contributed by atoms with Gasteiger partial charge in [0.25, 0.3) is 11.8 Å². The molecule has 0 bridgehead atoms. The van der Waals surface area contributed by atoms with Crippen molar-refractivity contribution in [3.05, 3.63) is 120 Å². The van der Waals surface area contributed by atoms with Crippen LogP contribution >= 0.6 is 0 Å². The SMILES string of the molecule is Nc1ccccc1N.Nc1ccccc1NC(=O)CCCCCCNC(=O)c1cn2c3c(cccc13)CCC2.O=C(O)CCCCCCNC(=O)c1cn2c3c(cccc13)CCC2. The number of aromatic nitrogens is 2. The number of nitrogens with one attached hydrogen (secondary N) is 3. The lowest BCUT2D eigenvalue weighted by molar-refractivity contribution is -0.137. The summed E-state index contributed by atoms with van der Waals surface area (Å²) >= 11 is 0. The summed E-state index contributed by atoms with van der Waals surface area (Å²) in [5.41, 5.74) is 25.8. The predicted molar refractivity (Wildman–Crippen MR) is 254 cm³/mol. The van der Waals surface area contributed by atoms with Crippen molar-refractivity contribution in [3.63, 3.8) is 0 Å². The maximum Gasteiger partial charge on any atom is 0.303 e. The molecule has 0 unspecified atom stereocenters. The standard InChI is InChI=1S/C25H30N4O2.C19H24N2O3.C6H8N2/c26-21-12-4-5-13-22(21)28-23(30)14-3-1-2-6-15-27-25(31)20-17-29-16-8-10-18-9-7-11-19(20)24(18)29;22-17(23)10-3-1-2-4-11-20-19(24)16-13-21-12-6-8-14-7-5-9-15(16)18(14)21;7-5-3-1-2-4-6(5)8/h4-5,7,9,11-13,17H,1-3,6,8,10,14-16,26H2,(H,27,31)(H,28,30);5,7,9,13H,1-4,6,8,10-12H2,(H,20,24)(H,22,23);1-4H,7-8H2. The third kappa shape index (κ3) is 12.7. The van der Waals surface area contributed by atoms with Crippen LogP contribution < -0.4 is 33.2 Å². The molecule has 0 radical (unpaired) electrons. The van der Waals surface area contributed by atoms with E-state index in [9.17, 15) is 19.2 Å². The Balaban J connectivity index is 0.000000182. The van der Waals surface area contributed by atoms with Crippen LogP contribution in [-0.4, -0.2) is 51.0 Å². The number of aryl methyl sites for hydroxylation is 4. The maximum atomic E-state index is 12.7. The van der Waals surface area contributed by atoms with Crippen molar-refractivity contribution in [3.8, 4) is 0 Å². The summed E-state index contributed by atoms with van der Waals surface area (Å²) in [5.74, 6) is -0.762. The largest absolute Gasteiger partial charge is 0.481 e. The van der Waals surface area contributed by atoms with Gasteiger partial charge in [0.1, 0.15) is 0 Å². The van der Waals surface area contributed by atoms with Crippen molar-refractivity contribution in [1.82, 2.24) is 19.8 Å². The fourth-order valence-electron chi connectivity index (χ4n) is 8.32. The third-order valence-corrected chi connectivity index (χ3v) is 11.6. The average Bonchev–Trinajstić information content (AvgIpc) is 3.86. The van der Waals surface area contributed by atoms with E-state index in [1.807, 2.05) is 60.9 Å². The Morgan fingerprint density at radius 2 is 1.00 bits per heavy atom. The van der Waals surface area contributed by atoms with Crippen molar-refractivity contribution >= 4 is 68.2 Å². The number of rotatable bonds is 17. The predicted octanol–water partition coefficient (Wildman–Crippen LogP) is 8.69. The molecule has 0 spiro atoms. The second-order valence-corrected chi connectivity index (χ2v) is 16.3. The molecule has 0 saturated carbocycles. The number of carbonyl (C=O) groups excluding carboxylic acids is 3. The molecular weight excluding hydrogens is 793 g/mol. The second kappa shape index (κ2) is 22.9. The molecule has 2 aliphatic heterocycles. The van der Waals surface area contributed by atoms with Gasteiger partial charge in [-0.3, -0.25) is 19.2 Å². The monoisotopic (exact) mass is 854 g/mol. The van der Waals surface area contributed by atoms with E-state index in [4.69, 9.17) is 22.3 Å². The molecule has 6 aromatic rings. The Morgan fingerprint density at radius 1 is 0.540 bits per heavy atom. The first-order chi connectivity index (χ1) is 30.6. The van der Waals surface area contributed by atoms with Gasteiger partial charge in [-0.2, -0.15) is 0 Å². The molecule has 0 atom stereocenters. The van der Waals surface area contributed by atoms with Crippen molar-refractivity contribution in [2.75, 3.05) is 35.6 Å². The molecule has 8 rings (SSSR count). The van der Waals surface area contributed by atoms with Crippen LogP contribution in [0.2, 0.25) is 0 Å². The molecule has 13 nitrogen and oxygen atoms in total. The zero-order valence-corrected chi connectivity index (χ0v) is 36.2. The molecule has 13 heteroatoms. The highest BCUT2D eigenvalue weighted by atomic mass is 16.4. The molecule has 63 heavy (non-hydrogen) atoms. The number of carboxylic acids is 1. The molecule has 2 aromatic heterocycles. The number of carbonyl (C=O) groups is 4. The molecule has 4 aromatic carbocycles. The fraction of sp³-hybridized carbons (Fsp3) is 0.360. The molecular formula is C50H62N8O5. The topological polar surface area (TPSA) is 213 Å². The van der Waals surface area contributed by atoms with Crippen molar-refractivity contribution in [2.24, 2.45) is 0 Å². The van der Waals surface area contributed by atoms with Crippen LogP contribution in [0.3, 0.4) is 0 Å². The number of benzene rings is 4. The first-order valence-corrected chi connectivity index (χ1v) is 22.3. The van der Waals surface area contributed by atoms with E-state index < -0.39 is 5.97 Å².